The molecule has 0 aliphatic rings. The lowest BCUT2D eigenvalue weighted by molar-refractivity contribution is -0.141. The molecule has 0 radical (unpaired) electrons. The number of alkyl halides is 3. The van der Waals surface area contributed by atoms with Crippen LogP contribution in [0.5, 0.6) is 0 Å². The van der Waals surface area contributed by atoms with E-state index >= 15 is 0 Å². The Kier molecular flexibility index (Phi) is 3.32. The molecule has 1 aromatic carbocycles. The summed E-state index contributed by atoms with van der Waals surface area (Å²) in [6, 6.07) is 5.70. The lowest BCUT2D eigenvalue weighted by atomic mass is 10.2. The molecule has 0 aliphatic carbocycles. The predicted molar refractivity (Wildman–Crippen MR) is 61.5 cm³/mol. The minimum absolute atomic E-state index is 0.270. The molecule has 3 nitrogen and oxygen atoms in total. The van der Waals surface area contributed by atoms with Crippen LogP contribution in [0.2, 0.25) is 5.02 Å². The van der Waals surface area contributed by atoms with E-state index in [0.29, 0.717) is 10.7 Å². The molecule has 0 aliphatic heterocycles. The third-order valence-electron chi connectivity index (χ3n) is 2.40. The number of nitrogens with two attached hydrogens (primary N) is 1. The molecule has 1 aromatic heterocycles. The predicted octanol–water partition coefficient (Wildman–Crippen LogP) is 3.00. The third kappa shape index (κ3) is 2.49. The van der Waals surface area contributed by atoms with Crippen molar-refractivity contribution in [1.29, 1.82) is 0 Å². The van der Waals surface area contributed by atoms with Gasteiger partial charge in [0.15, 0.2) is 5.69 Å². The van der Waals surface area contributed by atoms with Crippen LogP contribution in [-0.4, -0.2) is 9.78 Å². The van der Waals surface area contributed by atoms with Gasteiger partial charge in [-0.2, -0.15) is 18.3 Å². The minimum Gasteiger partial charge on any atom is -0.326 e. The van der Waals surface area contributed by atoms with Crippen molar-refractivity contribution in [3.05, 3.63) is 46.7 Å². The third-order valence-corrected chi connectivity index (χ3v) is 2.75. The first-order valence-electron chi connectivity index (χ1n) is 5.03. The van der Waals surface area contributed by atoms with Gasteiger partial charge in [-0.3, -0.25) is 0 Å². The van der Waals surface area contributed by atoms with Gasteiger partial charge in [-0.25, -0.2) is 4.68 Å². The van der Waals surface area contributed by atoms with Crippen molar-refractivity contribution in [1.82, 2.24) is 9.78 Å². The number of benzene rings is 1. The zero-order chi connectivity index (χ0) is 13.3. The maximum Gasteiger partial charge on any atom is 0.435 e. The number of hydrogen-bond acceptors (Lipinski definition) is 2. The van der Waals surface area contributed by atoms with Gasteiger partial charge in [0.2, 0.25) is 0 Å². The van der Waals surface area contributed by atoms with Gasteiger partial charge in [0.25, 0.3) is 0 Å². The largest absolute Gasteiger partial charge is 0.435 e. The lowest BCUT2D eigenvalue weighted by Crippen LogP contribution is -2.07. The Morgan fingerprint density at radius 2 is 2.00 bits per heavy atom. The molecule has 0 amide bonds. The molecule has 96 valence electrons. The van der Waals surface area contributed by atoms with Crippen molar-refractivity contribution in [2.45, 2.75) is 12.7 Å². The van der Waals surface area contributed by atoms with Crippen LogP contribution in [0.25, 0.3) is 5.69 Å². The molecule has 1 heterocycles. The molecule has 0 saturated heterocycles. The highest BCUT2D eigenvalue weighted by Gasteiger charge is 2.33. The molecule has 2 aromatic rings. The molecule has 0 unspecified atom stereocenters. The Balaban J connectivity index is 2.38. The smallest absolute Gasteiger partial charge is 0.326 e. The SMILES string of the molecule is NCc1ccc(-n2ccc(C(F)(F)F)n2)cc1Cl. The summed E-state index contributed by atoms with van der Waals surface area (Å²) in [6.45, 7) is 0.270. The fourth-order valence-electron chi connectivity index (χ4n) is 1.46. The molecule has 0 bridgehead atoms. The van der Waals surface area contributed by atoms with Gasteiger partial charge in [0, 0.05) is 17.8 Å². The summed E-state index contributed by atoms with van der Waals surface area (Å²) in [5.74, 6) is 0. The monoisotopic (exact) mass is 275 g/mol. The topological polar surface area (TPSA) is 43.8 Å². The molecule has 0 saturated carbocycles. The van der Waals surface area contributed by atoms with Gasteiger partial charge < -0.3 is 5.73 Å². The summed E-state index contributed by atoms with van der Waals surface area (Å²) in [6.07, 6.45) is -3.22. The second-order valence-electron chi connectivity index (χ2n) is 3.62. The van der Waals surface area contributed by atoms with E-state index in [1.165, 1.54) is 12.3 Å². The van der Waals surface area contributed by atoms with Crippen molar-refractivity contribution in [3.8, 4) is 5.69 Å². The number of aromatic nitrogens is 2. The summed E-state index contributed by atoms with van der Waals surface area (Å²) in [5.41, 5.74) is 5.68. The average molecular weight is 276 g/mol. The molecule has 2 rings (SSSR count). The fourth-order valence-corrected chi connectivity index (χ4v) is 1.72. The van der Waals surface area contributed by atoms with Gasteiger partial charge >= 0.3 is 6.18 Å². The zero-order valence-electron chi connectivity index (χ0n) is 9.08. The number of nitrogens with zero attached hydrogens (tertiary/aromatic N) is 2. The summed E-state index contributed by atoms with van der Waals surface area (Å²) in [7, 11) is 0. The highest BCUT2D eigenvalue weighted by atomic mass is 35.5. The molecule has 18 heavy (non-hydrogen) atoms. The van der Waals surface area contributed by atoms with E-state index in [1.54, 1.807) is 12.1 Å². The normalized spacial score (nSPS) is 11.8. The van der Waals surface area contributed by atoms with E-state index in [-0.39, 0.29) is 6.54 Å². The van der Waals surface area contributed by atoms with Crippen LogP contribution >= 0.6 is 11.6 Å². The Hall–Kier alpha value is -1.53. The van der Waals surface area contributed by atoms with Crippen LogP contribution in [0.1, 0.15) is 11.3 Å². The van der Waals surface area contributed by atoms with Gasteiger partial charge in [0.1, 0.15) is 0 Å². The van der Waals surface area contributed by atoms with Crippen LogP contribution in [-0.2, 0) is 12.7 Å². The second-order valence-corrected chi connectivity index (χ2v) is 4.03. The summed E-state index contributed by atoms with van der Waals surface area (Å²) < 4.78 is 38.3. The molecule has 7 heteroatoms. The Bertz CT molecular complexity index is 563. The summed E-state index contributed by atoms with van der Waals surface area (Å²) in [4.78, 5) is 0. The van der Waals surface area contributed by atoms with Crippen LogP contribution in [0.15, 0.2) is 30.5 Å². The highest BCUT2D eigenvalue weighted by molar-refractivity contribution is 6.31. The minimum atomic E-state index is -4.45. The molecule has 2 N–H and O–H groups in total. The zero-order valence-corrected chi connectivity index (χ0v) is 9.83. The molecule has 0 atom stereocenters. The van der Waals surface area contributed by atoms with Crippen molar-refractivity contribution in [2.75, 3.05) is 0 Å². The molecule has 0 spiro atoms. The summed E-state index contributed by atoms with van der Waals surface area (Å²) in [5, 5.41) is 3.85. The van der Waals surface area contributed by atoms with Crippen LogP contribution in [0.3, 0.4) is 0 Å². The van der Waals surface area contributed by atoms with E-state index in [4.69, 9.17) is 17.3 Å². The first-order chi connectivity index (χ1) is 8.41. The van der Waals surface area contributed by atoms with Gasteiger partial charge in [0.05, 0.1) is 5.69 Å². The van der Waals surface area contributed by atoms with Crippen molar-refractivity contribution < 1.29 is 13.2 Å². The van der Waals surface area contributed by atoms with E-state index < -0.39 is 11.9 Å². The summed E-state index contributed by atoms with van der Waals surface area (Å²) >= 11 is 5.93. The maximum atomic E-state index is 12.4. The first-order valence-corrected chi connectivity index (χ1v) is 5.41. The maximum absolute atomic E-state index is 12.4. The van der Waals surface area contributed by atoms with Gasteiger partial charge in [-0.15, -0.1) is 0 Å². The van der Waals surface area contributed by atoms with Crippen molar-refractivity contribution in [3.63, 3.8) is 0 Å². The van der Waals surface area contributed by atoms with Gasteiger partial charge in [-0.1, -0.05) is 17.7 Å². The first kappa shape index (κ1) is 12.9. The number of halogens is 4. The Morgan fingerprint density at radius 1 is 1.28 bits per heavy atom. The van der Waals surface area contributed by atoms with Crippen LogP contribution in [0, 0.1) is 0 Å². The molecular weight excluding hydrogens is 267 g/mol. The standard InChI is InChI=1S/C11H9ClF3N3/c12-9-5-8(2-1-7(9)6-16)18-4-3-10(17-18)11(13,14)15/h1-5H,6,16H2. The van der Waals surface area contributed by atoms with E-state index in [1.807, 2.05) is 0 Å². The van der Waals surface area contributed by atoms with Crippen LogP contribution < -0.4 is 5.73 Å². The fraction of sp³-hybridized carbons (Fsp3) is 0.182. The van der Waals surface area contributed by atoms with Gasteiger partial charge in [-0.05, 0) is 23.8 Å². The van der Waals surface area contributed by atoms with Crippen LogP contribution in [0.4, 0.5) is 13.2 Å². The molecule has 0 fully saturated rings. The number of rotatable bonds is 2. The number of hydrogen-bond donors (Lipinski definition) is 1. The quantitative estimate of drug-likeness (QED) is 0.916. The van der Waals surface area contributed by atoms with E-state index in [2.05, 4.69) is 5.10 Å². The molecular formula is C11H9ClF3N3. The highest BCUT2D eigenvalue weighted by Crippen LogP contribution is 2.28. The van der Waals surface area contributed by atoms with Crippen molar-refractivity contribution in [2.24, 2.45) is 5.73 Å². The van der Waals surface area contributed by atoms with E-state index in [9.17, 15) is 13.2 Å². The van der Waals surface area contributed by atoms with Crippen molar-refractivity contribution >= 4 is 11.6 Å². The Labute approximate surface area is 106 Å². The lowest BCUT2D eigenvalue weighted by Gasteiger charge is -2.06. The van der Waals surface area contributed by atoms with E-state index in [0.717, 1.165) is 16.3 Å². The average Bonchev–Trinajstić information content (AvgIpc) is 2.77. The second kappa shape index (κ2) is 4.62. The Morgan fingerprint density at radius 3 is 2.50 bits per heavy atom.